The van der Waals surface area contributed by atoms with Crippen LogP contribution in [-0.2, 0) is 0 Å². The third-order valence-corrected chi connectivity index (χ3v) is 5.41. The second-order valence-corrected chi connectivity index (χ2v) is 7.15. The molecule has 0 aliphatic heterocycles. The largest absolute Gasteiger partial charge is 0.282 e. The molecule has 0 radical (unpaired) electrons. The molecule has 0 atom stereocenters. The van der Waals surface area contributed by atoms with Crippen molar-refractivity contribution in [1.82, 2.24) is 29.1 Å². The van der Waals surface area contributed by atoms with Crippen molar-refractivity contribution in [1.29, 1.82) is 0 Å². The number of hydrogen-bond acceptors (Lipinski definition) is 4. The van der Waals surface area contributed by atoms with E-state index in [1.165, 1.54) is 0 Å². The van der Waals surface area contributed by atoms with Crippen LogP contribution in [0.2, 0.25) is 0 Å². The summed E-state index contributed by atoms with van der Waals surface area (Å²) in [6.45, 7) is 8.34. The van der Waals surface area contributed by atoms with E-state index in [1.54, 1.807) is 10.8 Å². The molecule has 5 rings (SSSR count). The van der Waals surface area contributed by atoms with Gasteiger partial charge >= 0.3 is 0 Å². The first-order chi connectivity index (χ1) is 13.6. The Kier molecular flexibility index (Phi) is 3.55. The number of benzene rings is 1. The molecule has 0 spiro atoms. The highest BCUT2D eigenvalue weighted by molar-refractivity contribution is 5.95. The van der Waals surface area contributed by atoms with Crippen LogP contribution in [0.15, 0.2) is 48.9 Å². The molecule has 1 aromatic carbocycles. The Balaban J connectivity index is 1.84. The molecule has 6 nitrogen and oxygen atoms in total. The summed E-state index contributed by atoms with van der Waals surface area (Å²) in [7, 11) is 0. The molecule has 0 fully saturated rings. The van der Waals surface area contributed by atoms with Gasteiger partial charge in [-0.3, -0.25) is 4.57 Å². The van der Waals surface area contributed by atoms with Crippen LogP contribution in [0.3, 0.4) is 0 Å². The summed E-state index contributed by atoms with van der Waals surface area (Å²) in [4.78, 5) is 14.2. The first-order valence-electron chi connectivity index (χ1n) is 9.27. The number of pyridine rings is 1. The summed E-state index contributed by atoms with van der Waals surface area (Å²) in [6.07, 6.45) is 3.55. The third-order valence-electron chi connectivity index (χ3n) is 5.41. The lowest BCUT2D eigenvalue weighted by Gasteiger charge is -2.09. The lowest BCUT2D eigenvalue weighted by atomic mass is 10.1. The number of rotatable bonds is 2. The van der Waals surface area contributed by atoms with E-state index >= 15 is 0 Å². The smallest absolute Gasteiger partial charge is 0.182 e. The van der Waals surface area contributed by atoms with Crippen molar-refractivity contribution in [3.63, 3.8) is 0 Å². The van der Waals surface area contributed by atoms with Crippen LogP contribution in [0.5, 0.6) is 0 Å². The van der Waals surface area contributed by atoms with Crippen molar-refractivity contribution in [2.45, 2.75) is 27.7 Å². The molecule has 6 heteroatoms. The lowest BCUT2D eigenvalue weighted by molar-refractivity contribution is 0.915. The SMILES string of the molecule is Cc1ccccc1-c1nc2c3c(C)c(C)n(-c4ncccc4C)c3ncn2n1. The van der Waals surface area contributed by atoms with Gasteiger partial charge in [0.25, 0.3) is 0 Å². The van der Waals surface area contributed by atoms with Gasteiger partial charge in [0.15, 0.2) is 17.1 Å². The number of fused-ring (bicyclic) bond motifs is 3. The van der Waals surface area contributed by atoms with Crippen LogP contribution in [0.1, 0.15) is 22.4 Å². The Morgan fingerprint density at radius 1 is 0.821 bits per heavy atom. The fourth-order valence-electron chi connectivity index (χ4n) is 3.77. The second-order valence-electron chi connectivity index (χ2n) is 7.15. The van der Waals surface area contributed by atoms with Crippen molar-refractivity contribution in [2.24, 2.45) is 0 Å². The monoisotopic (exact) mass is 368 g/mol. The summed E-state index contributed by atoms with van der Waals surface area (Å²) in [6, 6.07) is 12.2. The molecule has 4 heterocycles. The zero-order valence-electron chi connectivity index (χ0n) is 16.3. The van der Waals surface area contributed by atoms with E-state index in [0.29, 0.717) is 5.82 Å². The fraction of sp³-hybridized carbons (Fsp3) is 0.182. The molecule has 0 saturated carbocycles. The second kappa shape index (κ2) is 5.99. The minimum atomic E-state index is 0.714. The highest BCUT2D eigenvalue weighted by Crippen LogP contribution is 2.31. The average Bonchev–Trinajstić information content (AvgIpc) is 3.22. The summed E-state index contributed by atoms with van der Waals surface area (Å²) in [5, 5.41) is 5.69. The number of aryl methyl sites for hydroxylation is 3. The molecule has 5 aromatic rings. The van der Waals surface area contributed by atoms with E-state index < -0.39 is 0 Å². The van der Waals surface area contributed by atoms with E-state index in [0.717, 1.165) is 50.4 Å². The molecular formula is C22H20N6. The summed E-state index contributed by atoms with van der Waals surface area (Å²) >= 11 is 0. The predicted molar refractivity (Wildman–Crippen MR) is 110 cm³/mol. The Bertz CT molecular complexity index is 1360. The van der Waals surface area contributed by atoms with Gasteiger partial charge in [0.05, 0.1) is 5.39 Å². The Labute approximate surface area is 162 Å². The summed E-state index contributed by atoms with van der Waals surface area (Å²) in [5.74, 6) is 1.61. The van der Waals surface area contributed by atoms with Crippen LogP contribution < -0.4 is 0 Å². The molecule has 138 valence electrons. The van der Waals surface area contributed by atoms with Crippen LogP contribution in [0, 0.1) is 27.7 Å². The highest BCUT2D eigenvalue weighted by Gasteiger charge is 2.20. The molecule has 0 aliphatic rings. The van der Waals surface area contributed by atoms with Gasteiger partial charge in [-0.15, -0.1) is 5.10 Å². The number of hydrogen-bond donors (Lipinski definition) is 0. The summed E-state index contributed by atoms with van der Waals surface area (Å²) < 4.78 is 3.88. The van der Waals surface area contributed by atoms with Crippen LogP contribution >= 0.6 is 0 Å². The molecule has 0 N–H and O–H groups in total. The van der Waals surface area contributed by atoms with Crippen molar-refractivity contribution in [3.05, 3.63) is 71.3 Å². The molecule has 0 saturated heterocycles. The Morgan fingerprint density at radius 3 is 2.39 bits per heavy atom. The van der Waals surface area contributed by atoms with Gasteiger partial charge in [-0.2, -0.15) is 0 Å². The minimum Gasteiger partial charge on any atom is -0.282 e. The zero-order chi connectivity index (χ0) is 19.4. The van der Waals surface area contributed by atoms with Gasteiger partial charge in [0.2, 0.25) is 0 Å². The van der Waals surface area contributed by atoms with E-state index in [2.05, 4.69) is 60.5 Å². The predicted octanol–water partition coefficient (Wildman–Crippen LogP) is 4.36. The Hall–Kier alpha value is -3.54. The van der Waals surface area contributed by atoms with Crippen molar-refractivity contribution >= 4 is 16.7 Å². The van der Waals surface area contributed by atoms with Gasteiger partial charge in [-0.25, -0.2) is 19.5 Å². The van der Waals surface area contributed by atoms with Crippen LogP contribution in [0.4, 0.5) is 0 Å². The minimum absolute atomic E-state index is 0.714. The zero-order valence-corrected chi connectivity index (χ0v) is 16.3. The van der Waals surface area contributed by atoms with Gasteiger partial charge in [-0.1, -0.05) is 30.3 Å². The van der Waals surface area contributed by atoms with E-state index in [-0.39, 0.29) is 0 Å². The van der Waals surface area contributed by atoms with E-state index in [1.807, 2.05) is 24.4 Å². The molecule has 28 heavy (non-hydrogen) atoms. The van der Waals surface area contributed by atoms with Gasteiger partial charge in [0, 0.05) is 17.5 Å². The van der Waals surface area contributed by atoms with Crippen LogP contribution in [-0.4, -0.2) is 29.1 Å². The molecule has 0 aliphatic carbocycles. The first kappa shape index (κ1) is 16.6. The third kappa shape index (κ3) is 2.27. The molecule has 0 amide bonds. The summed E-state index contributed by atoms with van der Waals surface area (Å²) in [5.41, 5.74) is 7.21. The van der Waals surface area contributed by atoms with Crippen LogP contribution in [0.25, 0.3) is 33.9 Å². The van der Waals surface area contributed by atoms with E-state index in [4.69, 9.17) is 9.97 Å². The number of nitrogens with zero attached hydrogens (tertiary/aromatic N) is 6. The van der Waals surface area contributed by atoms with E-state index in [9.17, 15) is 0 Å². The standard InChI is InChI=1S/C22H20N6/c1-13-8-5-6-10-17(13)19-25-22-18-15(3)16(4)28(20-14(2)9-7-11-23-20)21(18)24-12-27(22)26-19/h5-12H,1-4H3. The first-order valence-corrected chi connectivity index (χ1v) is 9.27. The van der Waals surface area contributed by atoms with Gasteiger partial charge in [0.1, 0.15) is 12.1 Å². The molecule has 0 unspecified atom stereocenters. The maximum absolute atomic E-state index is 4.88. The topological polar surface area (TPSA) is 60.9 Å². The van der Waals surface area contributed by atoms with Gasteiger partial charge in [-0.05, 0) is 50.5 Å². The average molecular weight is 368 g/mol. The molecule has 4 aromatic heterocycles. The highest BCUT2D eigenvalue weighted by atomic mass is 15.3. The fourth-order valence-corrected chi connectivity index (χ4v) is 3.77. The maximum atomic E-state index is 4.88. The van der Waals surface area contributed by atoms with Crippen molar-refractivity contribution in [2.75, 3.05) is 0 Å². The Morgan fingerprint density at radius 2 is 1.61 bits per heavy atom. The number of aromatic nitrogens is 6. The van der Waals surface area contributed by atoms with Crippen molar-refractivity contribution in [3.8, 4) is 17.2 Å². The lowest BCUT2D eigenvalue weighted by Crippen LogP contribution is -2.03. The quantitative estimate of drug-likeness (QED) is 0.464. The normalized spacial score (nSPS) is 11.6. The van der Waals surface area contributed by atoms with Gasteiger partial charge < -0.3 is 0 Å². The maximum Gasteiger partial charge on any atom is 0.182 e. The molecular weight excluding hydrogens is 348 g/mol. The molecule has 0 bridgehead atoms. The van der Waals surface area contributed by atoms with Crippen molar-refractivity contribution < 1.29 is 0 Å².